The molecular weight excluding hydrogens is 365 g/mol. The van der Waals surface area contributed by atoms with Gasteiger partial charge in [-0.25, -0.2) is 0 Å². The van der Waals surface area contributed by atoms with Crippen LogP contribution in [0.3, 0.4) is 0 Å². The molecule has 0 spiro atoms. The van der Waals surface area contributed by atoms with E-state index in [4.69, 9.17) is 0 Å². The highest BCUT2D eigenvalue weighted by Gasteiger charge is 2.46. The molecule has 0 aromatic carbocycles. The van der Waals surface area contributed by atoms with Crippen LogP contribution in [0, 0.1) is 0 Å². The van der Waals surface area contributed by atoms with E-state index in [-0.39, 0.29) is 17.6 Å². The number of hydrogen-bond acceptors (Lipinski definition) is 5. The van der Waals surface area contributed by atoms with Crippen LogP contribution in [0.25, 0.3) is 0 Å². The molecule has 0 aromatic rings. The van der Waals surface area contributed by atoms with Crippen molar-refractivity contribution in [1.82, 2.24) is 0 Å². The Labute approximate surface area is 141 Å². The highest BCUT2D eigenvalue weighted by atomic mass is 32.2. The summed E-state index contributed by atoms with van der Waals surface area (Å²) < 4.78 is 43.9. The summed E-state index contributed by atoms with van der Waals surface area (Å²) in [5.74, 6) is 0.564. The second kappa shape index (κ2) is 7.95. The van der Waals surface area contributed by atoms with E-state index in [1.165, 1.54) is 18.7 Å². The summed E-state index contributed by atoms with van der Waals surface area (Å²) >= 11 is 1.18. The van der Waals surface area contributed by atoms with Crippen LogP contribution in [0.1, 0.15) is 32.6 Å². The Morgan fingerprint density at radius 1 is 1.39 bits per heavy atom. The van der Waals surface area contributed by atoms with Gasteiger partial charge in [0.1, 0.15) is 0 Å². The van der Waals surface area contributed by atoms with Gasteiger partial charge in [0.15, 0.2) is 10.1 Å². The fourth-order valence-electron chi connectivity index (χ4n) is 3.08. The van der Waals surface area contributed by atoms with Gasteiger partial charge in [0.05, 0.1) is 31.9 Å². The third kappa shape index (κ3) is 6.45. The summed E-state index contributed by atoms with van der Waals surface area (Å²) in [4.78, 5) is 27.5. The fraction of sp³-hybridized carbons (Fsp3) is 0.917. The Morgan fingerprint density at radius 3 is 2.48 bits per heavy atom. The van der Waals surface area contributed by atoms with Crippen LogP contribution in [0.5, 0.6) is 0 Å². The first-order valence-corrected chi connectivity index (χ1v) is 11.5. The van der Waals surface area contributed by atoms with Gasteiger partial charge in [0.2, 0.25) is 0 Å². The molecule has 1 aliphatic heterocycles. The van der Waals surface area contributed by atoms with E-state index in [1.54, 1.807) is 0 Å². The molecule has 1 heterocycles. The van der Waals surface area contributed by atoms with Gasteiger partial charge in [-0.15, -0.1) is 0 Å². The summed E-state index contributed by atoms with van der Waals surface area (Å²) in [6, 6.07) is -0.282. The maximum atomic E-state index is 11.5. The van der Waals surface area contributed by atoms with Crippen LogP contribution in [0.15, 0.2) is 0 Å². The van der Waals surface area contributed by atoms with Crippen molar-refractivity contribution in [2.24, 2.45) is 0 Å². The van der Waals surface area contributed by atoms with Crippen molar-refractivity contribution in [2.45, 2.75) is 43.6 Å². The number of hydrogen-bond donors (Lipinski definition) is 3. The standard InChI is InChI=1S/C12H24NO7PS2/c1-10(14)22-8-7-13(2)6-4-3-5-11(13)9-12(21(15,16)17)23(18,19)20/h11-12H,3-9H2,1-2H3,(H2-,15,16,17,18,19,20)/p+1. The SMILES string of the molecule is CC(=O)SCC[N+]1(C)CCCCC1CC(P(=O)(O)O)S(=O)(=O)O. The van der Waals surface area contributed by atoms with Crippen LogP contribution in [0.2, 0.25) is 0 Å². The van der Waals surface area contributed by atoms with Crippen LogP contribution >= 0.6 is 19.4 Å². The third-order valence-corrected chi connectivity index (χ3v) is 8.70. The van der Waals surface area contributed by atoms with Crippen molar-refractivity contribution in [3.63, 3.8) is 0 Å². The molecule has 1 fully saturated rings. The zero-order valence-corrected chi connectivity index (χ0v) is 15.8. The summed E-state index contributed by atoms with van der Waals surface area (Å²) in [5, 5.41) is -0.00353. The van der Waals surface area contributed by atoms with Crippen LogP contribution in [-0.2, 0) is 19.5 Å². The number of likely N-dealkylation sites (tertiary alicyclic amines) is 1. The Bertz CT molecular complexity index is 576. The maximum Gasteiger partial charge on any atom is 0.346 e. The molecule has 3 unspecified atom stereocenters. The molecule has 0 aromatic heterocycles. The predicted molar refractivity (Wildman–Crippen MR) is 88.7 cm³/mol. The lowest BCUT2D eigenvalue weighted by atomic mass is 9.97. The lowest BCUT2D eigenvalue weighted by Crippen LogP contribution is -2.57. The topological polar surface area (TPSA) is 129 Å². The van der Waals surface area contributed by atoms with Gasteiger partial charge in [-0.1, -0.05) is 11.8 Å². The van der Waals surface area contributed by atoms with Crippen molar-refractivity contribution >= 4 is 34.6 Å². The number of nitrogens with zero attached hydrogens (tertiary/aromatic N) is 1. The van der Waals surface area contributed by atoms with E-state index in [2.05, 4.69) is 0 Å². The number of carbonyl (C=O) groups is 1. The molecule has 8 nitrogen and oxygen atoms in total. The number of carbonyl (C=O) groups excluding carboxylic acids is 1. The van der Waals surface area contributed by atoms with Crippen LogP contribution in [0.4, 0.5) is 0 Å². The number of rotatable bonds is 7. The normalized spacial score (nSPS) is 27.6. The summed E-state index contributed by atoms with van der Waals surface area (Å²) in [5.41, 5.74) is 0. The number of quaternary nitrogens is 1. The Hall–Kier alpha value is 0.0400. The molecule has 3 atom stereocenters. The molecule has 1 aliphatic rings. The Kier molecular flexibility index (Phi) is 7.28. The van der Waals surface area contributed by atoms with Gasteiger partial charge in [-0.3, -0.25) is 13.9 Å². The monoisotopic (exact) mass is 390 g/mol. The van der Waals surface area contributed by atoms with Crippen molar-refractivity contribution in [3.05, 3.63) is 0 Å². The lowest BCUT2D eigenvalue weighted by Gasteiger charge is -2.45. The molecule has 1 rings (SSSR count). The second-order valence-corrected chi connectivity index (χ2v) is 11.2. The number of thioether (sulfide) groups is 1. The molecule has 3 N–H and O–H groups in total. The van der Waals surface area contributed by atoms with E-state index in [0.29, 0.717) is 23.2 Å². The molecule has 0 saturated carbocycles. The maximum absolute atomic E-state index is 11.5. The largest absolute Gasteiger partial charge is 0.346 e. The molecule has 0 aliphatic carbocycles. The molecular formula is C12H25NO7PS2+. The van der Waals surface area contributed by atoms with Gasteiger partial charge >= 0.3 is 7.60 Å². The highest BCUT2D eigenvalue weighted by Crippen LogP contribution is 2.47. The minimum Gasteiger partial charge on any atom is -0.323 e. The lowest BCUT2D eigenvalue weighted by molar-refractivity contribution is -0.936. The quantitative estimate of drug-likeness (QED) is 0.334. The van der Waals surface area contributed by atoms with Crippen molar-refractivity contribution < 1.29 is 36.6 Å². The Balaban J connectivity index is 2.92. The average Bonchev–Trinajstić information content (AvgIpc) is 2.34. The van der Waals surface area contributed by atoms with Crippen molar-refractivity contribution in [3.8, 4) is 0 Å². The van der Waals surface area contributed by atoms with Crippen LogP contribution < -0.4 is 0 Å². The van der Waals surface area contributed by atoms with Gasteiger partial charge in [0.25, 0.3) is 10.1 Å². The second-order valence-electron chi connectivity index (χ2n) is 6.21. The Morgan fingerprint density at radius 2 is 2.00 bits per heavy atom. The highest BCUT2D eigenvalue weighted by molar-refractivity contribution is 8.13. The first-order chi connectivity index (χ1) is 10.4. The first-order valence-electron chi connectivity index (χ1n) is 7.35. The fourth-order valence-corrected chi connectivity index (χ4v) is 6.24. The van der Waals surface area contributed by atoms with Gasteiger partial charge in [-0.05, 0) is 19.3 Å². The van der Waals surface area contributed by atoms with E-state index < -0.39 is 22.7 Å². The molecule has 136 valence electrons. The molecule has 0 radical (unpaired) electrons. The zero-order valence-electron chi connectivity index (χ0n) is 13.3. The van der Waals surface area contributed by atoms with Gasteiger partial charge in [0, 0.05) is 13.3 Å². The first kappa shape index (κ1) is 21.1. The third-order valence-electron chi connectivity index (χ3n) is 4.44. The molecule has 0 bridgehead atoms. The minimum atomic E-state index is -4.97. The molecule has 1 saturated heterocycles. The summed E-state index contributed by atoms with van der Waals surface area (Å²) in [6.07, 6.45) is 2.12. The predicted octanol–water partition coefficient (Wildman–Crippen LogP) is 1.05. The van der Waals surface area contributed by atoms with Gasteiger partial charge < -0.3 is 14.3 Å². The number of piperidine rings is 1. The van der Waals surface area contributed by atoms with E-state index in [9.17, 15) is 32.1 Å². The van der Waals surface area contributed by atoms with Gasteiger partial charge in [-0.2, -0.15) is 8.42 Å². The zero-order chi connectivity index (χ0) is 17.9. The summed E-state index contributed by atoms with van der Waals surface area (Å²) in [7, 11) is -7.90. The molecule has 11 heteroatoms. The average molecular weight is 390 g/mol. The minimum absolute atomic E-state index is 0.00353. The van der Waals surface area contributed by atoms with Crippen LogP contribution in [-0.4, -0.2) is 69.3 Å². The summed E-state index contributed by atoms with van der Waals surface area (Å²) in [6.45, 7) is 2.83. The van der Waals surface area contributed by atoms with Crippen molar-refractivity contribution in [2.75, 3.05) is 25.9 Å². The van der Waals surface area contributed by atoms with E-state index in [1.807, 2.05) is 7.05 Å². The van der Waals surface area contributed by atoms with E-state index in [0.717, 1.165) is 19.4 Å². The van der Waals surface area contributed by atoms with Crippen molar-refractivity contribution in [1.29, 1.82) is 0 Å². The smallest absolute Gasteiger partial charge is 0.323 e. The van der Waals surface area contributed by atoms with E-state index >= 15 is 0 Å². The molecule has 0 amide bonds. The molecule has 23 heavy (non-hydrogen) atoms.